The second-order valence-electron chi connectivity index (χ2n) is 8.15. The number of aromatic nitrogens is 2. The minimum atomic E-state index is -0.671. The quantitative estimate of drug-likeness (QED) is 0.398. The summed E-state index contributed by atoms with van der Waals surface area (Å²) in [5, 5.41) is 10.4. The highest BCUT2D eigenvalue weighted by atomic mass is 16.5. The SMILES string of the molecule is CCc1cc(C(=O)Cc2nc3ccccc3n2C)c(O)cc1OC(=O)C(C)(C)C. The van der Waals surface area contributed by atoms with E-state index in [4.69, 9.17) is 4.74 Å². The summed E-state index contributed by atoms with van der Waals surface area (Å²) in [5.74, 6) is 0.0541. The highest BCUT2D eigenvalue weighted by Gasteiger charge is 2.26. The predicted molar refractivity (Wildman–Crippen MR) is 111 cm³/mol. The number of para-hydroxylation sites is 2. The van der Waals surface area contributed by atoms with Crippen LogP contribution in [0, 0.1) is 5.41 Å². The van der Waals surface area contributed by atoms with E-state index in [0.29, 0.717) is 17.8 Å². The van der Waals surface area contributed by atoms with E-state index >= 15 is 0 Å². The standard InChI is InChI=1S/C23H26N2O4/c1-6-14-11-15(18(26)12-20(14)29-22(28)23(2,3)4)19(27)13-21-24-16-9-7-8-10-17(16)25(21)5/h7-12,26H,6,13H2,1-5H3. The molecule has 29 heavy (non-hydrogen) atoms. The van der Waals surface area contributed by atoms with Crippen LogP contribution in [0.25, 0.3) is 11.0 Å². The van der Waals surface area contributed by atoms with E-state index < -0.39 is 11.4 Å². The molecule has 0 atom stereocenters. The number of ketones is 1. The first-order chi connectivity index (χ1) is 13.6. The van der Waals surface area contributed by atoms with Crippen LogP contribution in [0.15, 0.2) is 36.4 Å². The Morgan fingerprint density at radius 3 is 2.48 bits per heavy atom. The number of phenolic OH excluding ortho intramolecular Hbond substituents is 1. The molecule has 0 unspecified atom stereocenters. The van der Waals surface area contributed by atoms with Crippen molar-refractivity contribution in [2.24, 2.45) is 12.5 Å². The Morgan fingerprint density at radius 1 is 1.17 bits per heavy atom. The van der Waals surface area contributed by atoms with Crippen molar-refractivity contribution < 1.29 is 19.4 Å². The lowest BCUT2D eigenvalue weighted by molar-refractivity contribution is -0.143. The molecule has 0 radical (unpaired) electrons. The van der Waals surface area contributed by atoms with Gasteiger partial charge in [-0.3, -0.25) is 9.59 Å². The second kappa shape index (κ2) is 7.70. The molecule has 0 aliphatic heterocycles. The molecule has 0 saturated carbocycles. The zero-order valence-electron chi connectivity index (χ0n) is 17.4. The second-order valence-corrected chi connectivity index (χ2v) is 8.15. The molecular weight excluding hydrogens is 368 g/mol. The Kier molecular flexibility index (Phi) is 5.46. The molecule has 2 aromatic carbocycles. The van der Waals surface area contributed by atoms with Crippen LogP contribution in [0.1, 0.15) is 49.4 Å². The lowest BCUT2D eigenvalue weighted by atomic mass is 9.97. The molecule has 0 bridgehead atoms. The third-order valence-electron chi connectivity index (χ3n) is 4.87. The van der Waals surface area contributed by atoms with Crippen molar-refractivity contribution >= 4 is 22.8 Å². The zero-order valence-corrected chi connectivity index (χ0v) is 17.4. The van der Waals surface area contributed by atoms with Gasteiger partial charge in [0.15, 0.2) is 5.78 Å². The smallest absolute Gasteiger partial charge is 0.316 e. The number of carbonyl (C=O) groups is 2. The van der Waals surface area contributed by atoms with Gasteiger partial charge in [0.25, 0.3) is 0 Å². The number of hydrogen-bond acceptors (Lipinski definition) is 5. The third kappa shape index (κ3) is 4.16. The number of imidazole rings is 1. The monoisotopic (exact) mass is 394 g/mol. The number of benzene rings is 2. The number of ether oxygens (including phenoxy) is 1. The van der Waals surface area contributed by atoms with Gasteiger partial charge in [-0.15, -0.1) is 0 Å². The first kappa shape index (κ1) is 20.6. The molecule has 0 amide bonds. The Bertz CT molecular complexity index is 1090. The van der Waals surface area contributed by atoms with Crippen LogP contribution in [0.2, 0.25) is 0 Å². The fourth-order valence-electron chi connectivity index (χ4n) is 3.05. The van der Waals surface area contributed by atoms with Crippen LogP contribution in [0.4, 0.5) is 0 Å². The Labute approximate surface area is 170 Å². The molecule has 0 aliphatic rings. The first-order valence-corrected chi connectivity index (χ1v) is 9.63. The van der Waals surface area contributed by atoms with Crippen LogP contribution >= 0.6 is 0 Å². The van der Waals surface area contributed by atoms with Crippen LogP contribution in [-0.4, -0.2) is 26.4 Å². The number of aryl methyl sites for hydroxylation is 2. The lowest BCUT2D eigenvalue weighted by Crippen LogP contribution is -2.26. The molecule has 3 rings (SSSR count). The summed E-state index contributed by atoms with van der Waals surface area (Å²) in [4.78, 5) is 29.6. The van der Waals surface area contributed by atoms with E-state index in [-0.39, 0.29) is 29.3 Å². The minimum Gasteiger partial charge on any atom is -0.507 e. The summed E-state index contributed by atoms with van der Waals surface area (Å²) in [5.41, 5.74) is 1.98. The van der Waals surface area contributed by atoms with Crippen molar-refractivity contribution in [2.45, 2.75) is 40.5 Å². The van der Waals surface area contributed by atoms with Gasteiger partial charge in [0.1, 0.15) is 17.3 Å². The highest BCUT2D eigenvalue weighted by Crippen LogP contribution is 2.31. The van der Waals surface area contributed by atoms with E-state index in [1.165, 1.54) is 6.07 Å². The van der Waals surface area contributed by atoms with Crippen molar-refractivity contribution in [3.05, 3.63) is 53.3 Å². The Balaban J connectivity index is 1.90. The van der Waals surface area contributed by atoms with E-state index in [1.54, 1.807) is 26.8 Å². The number of phenols is 1. The molecule has 3 aromatic rings. The molecule has 0 saturated heterocycles. The molecule has 1 N–H and O–H groups in total. The summed E-state index contributed by atoms with van der Waals surface area (Å²) < 4.78 is 7.35. The average Bonchev–Trinajstić information content (AvgIpc) is 2.97. The van der Waals surface area contributed by atoms with E-state index in [9.17, 15) is 14.7 Å². The van der Waals surface area contributed by atoms with Crippen molar-refractivity contribution in [2.75, 3.05) is 0 Å². The third-order valence-corrected chi connectivity index (χ3v) is 4.87. The van der Waals surface area contributed by atoms with E-state index in [2.05, 4.69) is 4.98 Å². The number of fused-ring (bicyclic) bond motifs is 1. The number of rotatable bonds is 5. The molecule has 1 aromatic heterocycles. The number of nitrogens with zero attached hydrogens (tertiary/aromatic N) is 2. The van der Waals surface area contributed by atoms with Gasteiger partial charge in [-0.1, -0.05) is 19.1 Å². The van der Waals surface area contributed by atoms with Gasteiger partial charge in [0.05, 0.1) is 28.4 Å². The fraction of sp³-hybridized carbons (Fsp3) is 0.348. The number of esters is 1. The van der Waals surface area contributed by atoms with Gasteiger partial charge < -0.3 is 14.4 Å². The van der Waals surface area contributed by atoms with Crippen LogP contribution in [0.3, 0.4) is 0 Å². The summed E-state index contributed by atoms with van der Waals surface area (Å²) in [6.45, 7) is 7.18. The molecular formula is C23H26N2O4. The predicted octanol–water partition coefficient (Wildman–Crippen LogP) is 4.22. The number of Topliss-reactive ketones (excluding diaryl/α,β-unsaturated/α-hetero) is 1. The number of aromatic hydroxyl groups is 1. The summed E-state index contributed by atoms with van der Waals surface area (Å²) in [6, 6.07) is 10.6. The minimum absolute atomic E-state index is 0.0586. The largest absolute Gasteiger partial charge is 0.507 e. The van der Waals surface area contributed by atoms with Crippen molar-refractivity contribution in [1.29, 1.82) is 0 Å². The Morgan fingerprint density at radius 2 is 1.86 bits per heavy atom. The molecule has 152 valence electrons. The van der Waals surface area contributed by atoms with Crippen molar-refractivity contribution in [1.82, 2.24) is 9.55 Å². The summed E-state index contributed by atoms with van der Waals surface area (Å²) >= 11 is 0. The first-order valence-electron chi connectivity index (χ1n) is 9.63. The molecule has 6 heteroatoms. The fourth-order valence-corrected chi connectivity index (χ4v) is 3.05. The van der Waals surface area contributed by atoms with Crippen LogP contribution < -0.4 is 4.74 Å². The maximum absolute atomic E-state index is 12.9. The average molecular weight is 394 g/mol. The van der Waals surface area contributed by atoms with E-state index in [0.717, 1.165) is 11.0 Å². The molecule has 1 heterocycles. The highest BCUT2D eigenvalue weighted by molar-refractivity contribution is 6.00. The van der Waals surface area contributed by atoms with Gasteiger partial charge in [0.2, 0.25) is 0 Å². The molecule has 0 spiro atoms. The molecule has 0 fully saturated rings. The summed E-state index contributed by atoms with van der Waals surface area (Å²) in [7, 11) is 1.87. The Hall–Kier alpha value is -3.15. The topological polar surface area (TPSA) is 81.4 Å². The van der Waals surface area contributed by atoms with Gasteiger partial charge >= 0.3 is 5.97 Å². The number of carbonyl (C=O) groups excluding carboxylic acids is 2. The van der Waals surface area contributed by atoms with Gasteiger partial charge in [-0.2, -0.15) is 0 Å². The normalized spacial score (nSPS) is 11.6. The van der Waals surface area contributed by atoms with Gasteiger partial charge in [-0.05, 0) is 51.0 Å². The van der Waals surface area contributed by atoms with Crippen LogP contribution in [0.5, 0.6) is 11.5 Å². The number of hydrogen-bond donors (Lipinski definition) is 1. The maximum Gasteiger partial charge on any atom is 0.316 e. The molecule has 6 nitrogen and oxygen atoms in total. The van der Waals surface area contributed by atoms with Crippen molar-refractivity contribution in [3.63, 3.8) is 0 Å². The van der Waals surface area contributed by atoms with E-state index in [1.807, 2.05) is 42.8 Å². The van der Waals surface area contributed by atoms with Gasteiger partial charge in [-0.25, -0.2) is 4.98 Å². The lowest BCUT2D eigenvalue weighted by Gasteiger charge is -2.18. The van der Waals surface area contributed by atoms with Gasteiger partial charge in [0, 0.05) is 13.1 Å². The summed E-state index contributed by atoms with van der Waals surface area (Å²) in [6.07, 6.45) is 0.614. The zero-order chi connectivity index (χ0) is 21.3. The van der Waals surface area contributed by atoms with Crippen LogP contribution in [-0.2, 0) is 24.7 Å². The maximum atomic E-state index is 12.9. The van der Waals surface area contributed by atoms with Crippen molar-refractivity contribution in [3.8, 4) is 11.5 Å². The molecule has 0 aliphatic carbocycles.